The van der Waals surface area contributed by atoms with Crippen molar-refractivity contribution in [2.75, 3.05) is 6.61 Å². The van der Waals surface area contributed by atoms with Gasteiger partial charge in [0.1, 0.15) is 6.61 Å². The molecule has 5 rings (SSSR count). The fraction of sp³-hybridized carbons (Fsp3) is 0.105. The Hall–Kier alpha value is -2.52. The van der Waals surface area contributed by atoms with Crippen LogP contribution in [0.15, 0.2) is 54.6 Å². The fourth-order valence-electron chi connectivity index (χ4n) is 3.61. The number of hydrogen-bond donors (Lipinski definition) is 1. The molecular formula is C19H14ClNO2. The molecule has 1 fully saturated rings. The summed E-state index contributed by atoms with van der Waals surface area (Å²) in [5.74, 6) is 0. The standard InChI is InChI=1S/C19H13NO2.ClH/c21-19-20-16(10-22-19)14-8-6-13-5-4-11-2-1-3-12-7-9-15(14)18(13)17(11)12;/h1-9,16H,10H2,(H,20,21);1H/t16-;/m0./s1. The van der Waals surface area contributed by atoms with Gasteiger partial charge in [0.25, 0.3) is 0 Å². The van der Waals surface area contributed by atoms with E-state index < -0.39 is 0 Å². The van der Waals surface area contributed by atoms with Gasteiger partial charge in [0.15, 0.2) is 0 Å². The Morgan fingerprint density at radius 1 is 0.870 bits per heavy atom. The number of amides is 1. The van der Waals surface area contributed by atoms with Crippen LogP contribution >= 0.6 is 12.4 Å². The maximum Gasteiger partial charge on any atom is 0.407 e. The minimum absolute atomic E-state index is 0. The van der Waals surface area contributed by atoms with Gasteiger partial charge in [-0.05, 0) is 37.9 Å². The molecule has 1 aliphatic heterocycles. The van der Waals surface area contributed by atoms with Gasteiger partial charge in [-0.2, -0.15) is 0 Å². The lowest BCUT2D eigenvalue weighted by Crippen LogP contribution is -2.18. The Morgan fingerprint density at radius 3 is 2.22 bits per heavy atom. The minimum atomic E-state index is -0.337. The van der Waals surface area contributed by atoms with E-state index in [4.69, 9.17) is 4.74 Å². The summed E-state index contributed by atoms with van der Waals surface area (Å²) in [6, 6.07) is 19.2. The van der Waals surface area contributed by atoms with E-state index in [-0.39, 0.29) is 24.5 Å². The van der Waals surface area contributed by atoms with Crippen molar-refractivity contribution in [1.29, 1.82) is 0 Å². The Labute approximate surface area is 139 Å². The highest BCUT2D eigenvalue weighted by Crippen LogP contribution is 2.37. The number of nitrogens with one attached hydrogen (secondary N) is 1. The fourth-order valence-corrected chi connectivity index (χ4v) is 3.61. The number of carbonyl (C=O) groups is 1. The Bertz CT molecular complexity index is 1030. The molecule has 0 radical (unpaired) electrons. The van der Waals surface area contributed by atoms with Gasteiger partial charge in [-0.3, -0.25) is 0 Å². The molecule has 1 atom stereocenters. The zero-order valence-electron chi connectivity index (χ0n) is 12.2. The average Bonchev–Trinajstić information content (AvgIpc) is 2.99. The van der Waals surface area contributed by atoms with Gasteiger partial charge in [0, 0.05) is 0 Å². The zero-order valence-corrected chi connectivity index (χ0v) is 13.0. The van der Waals surface area contributed by atoms with Crippen LogP contribution in [0.4, 0.5) is 4.79 Å². The van der Waals surface area contributed by atoms with Crippen LogP contribution in [0.3, 0.4) is 0 Å². The highest BCUT2D eigenvalue weighted by molar-refractivity contribution is 6.23. The van der Waals surface area contributed by atoms with Crippen molar-refractivity contribution in [2.45, 2.75) is 6.04 Å². The third-order valence-corrected chi connectivity index (χ3v) is 4.61. The molecule has 4 heteroatoms. The third-order valence-electron chi connectivity index (χ3n) is 4.61. The summed E-state index contributed by atoms with van der Waals surface area (Å²) in [6.07, 6.45) is -0.337. The molecule has 1 heterocycles. The summed E-state index contributed by atoms with van der Waals surface area (Å²) in [7, 11) is 0. The normalized spacial score (nSPS) is 17.4. The molecule has 1 amide bonds. The third kappa shape index (κ3) is 1.93. The smallest absolute Gasteiger partial charge is 0.407 e. The number of halogens is 1. The molecule has 0 aromatic heterocycles. The molecular weight excluding hydrogens is 310 g/mol. The van der Waals surface area contributed by atoms with Crippen molar-refractivity contribution in [2.24, 2.45) is 0 Å². The van der Waals surface area contributed by atoms with Crippen LogP contribution in [0.2, 0.25) is 0 Å². The van der Waals surface area contributed by atoms with Gasteiger partial charge >= 0.3 is 6.09 Å². The predicted octanol–water partition coefficient (Wildman–Crippen LogP) is 4.79. The summed E-state index contributed by atoms with van der Waals surface area (Å²) in [6.45, 7) is 0.392. The van der Waals surface area contributed by atoms with E-state index in [2.05, 4.69) is 59.9 Å². The van der Waals surface area contributed by atoms with Crippen LogP contribution in [-0.4, -0.2) is 12.7 Å². The Morgan fingerprint density at radius 2 is 1.52 bits per heavy atom. The van der Waals surface area contributed by atoms with Crippen molar-refractivity contribution in [1.82, 2.24) is 5.32 Å². The number of carbonyl (C=O) groups excluding carboxylic acids is 1. The topological polar surface area (TPSA) is 38.3 Å². The van der Waals surface area contributed by atoms with Gasteiger partial charge in [0.2, 0.25) is 0 Å². The SMILES string of the molecule is Cl.O=C1N[C@H](c2ccc3ccc4cccc5ccc2c3c45)CO1. The van der Waals surface area contributed by atoms with Crippen molar-refractivity contribution in [3.05, 3.63) is 60.2 Å². The first-order chi connectivity index (χ1) is 10.8. The highest BCUT2D eigenvalue weighted by Gasteiger charge is 2.25. The van der Waals surface area contributed by atoms with E-state index in [0.717, 1.165) is 5.56 Å². The molecule has 114 valence electrons. The summed E-state index contributed by atoms with van der Waals surface area (Å²) in [4.78, 5) is 11.4. The molecule has 4 aromatic rings. The second-order valence-corrected chi connectivity index (χ2v) is 5.81. The zero-order chi connectivity index (χ0) is 14.7. The van der Waals surface area contributed by atoms with Crippen molar-refractivity contribution >= 4 is 50.8 Å². The van der Waals surface area contributed by atoms with Crippen molar-refractivity contribution in [3.63, 3.8) is 0 Å². The van der Waals surface area contributed by atoms with E-state index in [1.807, 2.05) is 0 Å². The average molecular weight is 324 g/mol. The van der Waals surface area contributed by atoms with Crippen LogP contribution < -0.4 is 5.32 Å². The molecule has 0 spiro atoms. The largest absolute Gasteiger partial charge is 0.447 e. The van der Waals surface area contributed by atoms with E-state index in [0.29, 0.717) is 6.61 Å². The van der Waals surface area contributed by atoms with Gasteiger partial charge in [0.05, 0.1) is 6.04 Å². The second kappa shape index (κ2) is 5.00. The van der Waals surface area contributed by atoms with E-state index in [9.17, 15) is 4.79 Å². The Kier molecular flexibility index (Phi) is 3.06. The number of ether oxygens (including phenoxy) is 1. The van der Waals surface area contributed by atoms with Crippen LogP contribution in [-0.2, 0) is 4.74 Å². The van der Waals surface area contributed by atoms with Crippen molar-refractivity contribution < 1.29 is 9.53 Å². The van der Waals surface area contributed by atoms with Gasteiger partial charge in [-0.25, -0.2) is 4.79 Å². The van der Waals surface area contributed by atoms with Crippen LogP contribution in [0.25, 0.3) is 32.3 Å². The predicted molar refractivity (Wildman–Crippen MR) is 94.6 cm³/mol. The number of hydrogen-bond acceptors (Lipinski definition) is 2. The minimum Gasteiger partial charge on any atom is -0.447 e. The van der Waals surface area contributed by atoms with Crippen LogP contribution in [0.1, 0.15) is 11.6 Å². The number of cyclic esters (lactones) is 1. The van der Waals surface area contributed by atoms with Crippen LogP contribution in [0, 0.1) is 0 Å². The molecule has 0 saturated carbocycles. The monoisotopic (exact) mass is 323 g/mol. The molecule has 1 saturated heterocycles. The molecule has 23 heavy (non-hydrogen) atoms. The summed E-state index contributed by atoms with van der Waals surface area (Å²) in [5, 5.41) is 10.4. The first kappa shape index (κ1) is 14.1. The number of benzene rings is 4. The maximum absolute atomic E-state index is 11.4. The first-order valence-corrected chi connectivity index (χ1v) is 7.41. The number of rotatable bonds is 1. The van der Waals surface area contributed by atoms with E-state index >= 15 is 0 Å². The van der Waals surface area contributed by atoms with Gasteiger partial charge in [-0.1, -0.05) is 54.6 Å². The molecule has 1 N–H and O–H groups in total. The molecule has 3 nitrogen and oxygen atoms in total. The lowest BCUT2D eigenvalue weighted by Gasteiger charge is -2.16. The molecule has 4 aromatic carbocycles. The maximum atomic E-state index is 11.4. The lowest BCUT2D eigenvalue weighted by atomic mass is 9.90. The van der Waals surface area contributed by atoms with Gasteiger partial charge in [-0.15, -0.1) is 12.4 Å². The highest BCUT2D eigenvalue weighted by atomic mass is 35.5. The van der Waals surface area contributed by atoms with Gasteiger partial charge < -0.3 is 10.1 Å². The van der Waals surface area contributed by atoms with E-state index in [1.165, 1.54) is 32.3 Å². The summed E-state index contributed by atoms with van der Waals surface area (Å²) < 4.78 is 5.06. The summed E-state index contributed by atoms with van der Waals surface area (Å²) in [5.41, 5.74) is 1.12. The van der Waals surface area contributed by atoms with E-state index in [1.54, 1.807) is 0 Å². The Balaban J connectivity index is 0.00000135. The first-order valence-electron chi connectivity index (χ1n) is 7.41. The lowest BCUT2D eigenvalue weighted by molar-refractivity contribution is 0.177. The molecule has 1 aliphatic rings. The molecule has 0 unspecified atom stereocenters. The van der Waals surface area contributed by atoms with Crippen LogP contribution in [0.5, 0.6) is 0 Å². The quantitative estimate of drug-likeness (QED) is 0.512. The second-order valence-electron chi connectivity index (χ2n) is 5.81. The molecule has 0 bridgehead atoms. The number of alkyl carbamates (subject to hydrolysis) is 1. The summed E-state index contributed by atoms with van der Waals surface area (Å²) >= 11 is 0. The molecule has 0 aliphatic carbocycles. The van der Waals surface area contributed by atoms with Crippen molar-refractivity contribution in [3.8, 4) is 0 Å².